The van der Waals surface area contributed by atoms with Crippen LogP contribution >= 0.6 is 11.6 Å². The summed E-state index contributed by atoms with van der Waals surface area (Å²) in [6, 6.07) is 5.21. The van der Waals surface area contributed by atoms with Crippen molar-refractivity contribution in [1.82, 2.24) is 19.5 Å². The second-order valence-corrected chi connectivity index (χ2v) is 6.69. The average Bonchev–Trinajstić information content (AvgIpc) is 3.18. The molecule has 1 N–H and O–H groups in total. The fraction of sp³-hybridized carbons (Fsp3) is 0.250. The summed E-state index contributed by atoms with van der Waals surface area (Å²) in [6.07, 6.45) is 1.58. The van der Waals surface area contributed by atoms with Crippen LogP contribution in [0.5, 0.6) is 0 Å². The largest absolute Gasteiger partial charge is 0.618 e. The van der Waals surface area contributed by atoms with E-state index >= 15 is 0 Å². The summed E-state index contributed by atoms with van der Waals surface area (Å²) in [5, 5.41) is 26.9. The summed E-state index contributed by atoms with van der Waals surface area (Å²) in [4.78, 5) is 8.55. The standard InChI is InChI=1S/C16H14ClN5O3/c1-8-12-11(14-19-15(25-20-14)16(2,3)23)18-7-21(12)10-6-4-5-9(17)13(10)22(8)24/h4-7,23H,1-3H3. The van der Waals surface area contributed by atoms with Gasteiger partial charge in [0.2, 0.25) is 11.5 Å². The first-order valence-electron chi connectivity index (χ1n) is 7.53. The zero-order valence-corrected chi connectivity index (χ0v) is 14.4. The Kier molecular flexibility index (Phi) is 3.25. The molecular weight excluding hydrogens is 346 g/mol. The summed E-state index contributed by atoms with van der Waals surface area (Å²) < 4.78 is 7.65. The minimum absolute atomic E-state index is 0.0696. The Labute approximate surface area is 146 Å². The number of hydrogen-bond acceptors (Lipinski definition) is 6. The quantitative estimate of drug-likeness (QED) is 0.435. The van der Waals surface area contributed by atoms with E-state index in [4.69, 9.17) is 16.1 Å². The van der Waals surface area contributed by atoms with Gasteiger partial charge in [0.15, 0.2) is 0 Å². The lowest BCUT2D eigenvalue weighted by molar-refractivity contribution is -0.583. The van der Waals surface area contributed by atoms with Crippen LogP contribution in [0, 0.1) is 12.1 Å². The van der Waals surface area contributed by atoms with E-state index in [-0.39, 0.29) is 11.7 Å². The van der Waals surface area contributed by atoms with Gasteiger partial charge in [0.05, 0.1) is 0 Å². The van der Waals surface area contributed by atoms with Crippen molar-refractivity contribution in [1.29, 1.82) is 0 Å². The lowest BCUT2D eigenvalue weighted by Crippen LogP contribution is -2.32. The van der Waals surface area contributed by atoms with Gasteiger partial charge < -0.3 is 14.8 Å². The average molecular weight is 360 g/mol. The highest BCUT2D eigenvalue weighted by Gasteiger charge is 2.28. The van der Waals surface area contributed by atoms with Crippen molar-refractivity contribution < 1.29 is 14.4 Å². The van der Waals surface area contributed by atoms with Gasteiger partial charge in [-0.1, -0.05) is 22.8 Å². The second kappa shape index (κ2) is 5.14. The molecule has 9 heteroatoms. The van der Waals surface area contributed by atoms with E-state index in [0.717, 1.165) is 4.73 Å². The van der Waals surface area contributed by atoms with Crippen molar-refractivity contribution >= 4 is 28.2 Å². The maximum atomic E-state index is 12.7. The van der Waals surface area contributed by atoms with Crippen molar-refractivity contribution in [3.8, 4) is 11.5 Å². The summed E-state index contributed by atoms with van der Waals surface area (Å²) in [5.74, 6) is 0.268. The fourth-order valence-corrected chi connectivity index (χ4v) is 3.02. The van der Waals surface area contributed by atoms with Gasteiger partial charge in [-0.25, -0.2) is 4.98 Å². The normalized spacial score (nSPS) is 12.4. The molecule has 3 aromatic heterocycles. The van der Waals surface area contributed by atoms with E-state index in [9.17, 15) is 10.3 Å². The number of aliphatic hydroxyl groups is 1. The minimum atomic E-state index is -1.27. The smallest absolute Gasteiger partial charge is 0.259 e. The number of halogens is 1. The number of aromatic nitrogens is 5. The van der Waals surface area contributed by atoms with Crippen LogP contribution in [0.4, 0.5) is 0 Å². The van der Waals surface area contributed by atoms with Crippen molar-refractivity contribution in [2.24, 2.45) is 0 Å². The molecule has 8 nitrogen and oxygen atoms in total. The van der Waals surface area contributed by atoms with Crippen molar-refractivity contribution in [3.63, 3.8) is 0 Å². The molecular formula is C16H14ClN5O3. The van der Waals surface area contributed by atoms with E-state index in [2.05, 4.69) is 15.1 Å². The number of imidazole rings is 1. The Bertz CT molecular complexity index is 1130. The van der Waals surface area contributed by atoms with E-state index in [0.29, 0.717) is 33.0 Å². The van der Waals surface area contributed by atoms with Crippen LogP contribution in [0.2, 0.25) is 5.02 Å². The van der Waals surface area contributed by atoms with Crippen molar-refractivity contribution in [2.75, 3.05) is 0 Å². The molecule has 0 atom stereocenters. The first-order valence-corrected chi connectivity index (χ1v) is 7.91. The summed E-state index contributed by atoms with van der Waals surface area (Å²) in [7, 11) is 0. The minimum Gasteiger partial charge on any atom is -0.618 e. The van der Waals surface area contributed by atoms with Crippen LogP contribution in [0.1, 0.15) is 25.4 Å². The highest BCUT2D eigenvalue weighted by molar-refractivity contribution is 6.34. The Morgan fingerprint density at radius 3 is 2.80 bits per heavy atom. The molecule has 4 rings (SSSR count). The molecule has 128 valence electrons. The van der Waals surface area contributed by atoms with Gasteiger partial charge in [-0.3, -0.25) is 4.40 Å². The third-order valence-corrected chi connectivity index (χ3v) is 4.31. The summed E-state index contributed by atoms with van der Waals surface area (Å²) >= 11 is 6.19. The Morgan fingerprint density at radius 1 is 1.36 bits per heavy atom. The van der Waals surface area contributed by atoms with Crippen LogP contribution in [0.25, 0.3) is 28.1 Å². The molecule has 0 fully saturated rings. The highest BCUT2D eigenvalue weighted by Crippen LogP contribution is 2.29. The number of fused-ring (bicyclic) bond motifs is 3. The maximum Gasteiger partial charge on any atom is 0.259 e. The zero-order valence-electron chi connectivity index (χ0n) is 13.7. The number of rotatable bonds is 2. The number of hydrogen-bond donors (Lipinski definition) is 1. The van der Waals surface area contributed by atoms with Crippen LogP contribution in [0.3, 0.4) is 0 Å². The molecule has 1 aromatic carbocycles. The van der Waals surface area contributed by atoms with Gasteiger partial charge in [0.25, 0.3) is 11.4 Å². The molecule has 0 aliphatic heterocycles. The molecule has 0 saturated heterocycles. The predicted octanol–water partition coefficient (Wildman–Crippen LogP) is 2.36. The fourth-order valence-electron chi connectivity index (χ4n) is 2.77. The van der Waals surface area contributed by atoms with E-state index in [1.165, 1.54) is 0 Å². The maximum absolute atomic E-state index is 12.7. The van der Waals surface area contributed by atoms with Crippen LogP contribution < -0.4 is 4.73 Å². The monoisotopic (exact) mass is 359 g/mol. The van der Waals surface area contributed by atoms with Crippen molar-refractivity contribution in [2.45, 2.75) is 26.4 Å². The summed E-state index contributed by atoms with van der Waals surface area (Å²) in [6.45, 7) is 4.76. The molecule has 0 aliphatic rings. The van der Waals surface area contributed by atoms with E-state index in [1.807, 2.05) is 0 Å². The molecule has 0 radical (unpaired) electrons. The molecule has 0 amide bonds. The van der Waals surface area contributed by atoms with Gasteiger partial charge in [0.1, 0.15) is 33.7 Å². The molecule has 0 aliphatic carbocycles. The first-order chi connectivity index (χ1) is 11.8. The Hall–Kier alpha value is -2.71. The third-order valence-electron chi connectivity index (χ3n) is 4.00. The predicted molar refractivity (Wildman–Crippen MR) is 89.9 cm³/mol. The van der Waals surface area contributed by atoms with Gasteiger partial charge >= 0.3 is 0 Å². The van der Waals surface area contributed by atoms with Crippen LogP contribution in [-0.4, -0.2) is 24.6 Å². The van der Waals surface area contributed by atoms with Gasteiger partial charge in [-0.05, 0) is 26.0 Å². The third kappa shape index (κ3) is 2.25. The van der Waals surface area contributed by atoms with Gasteiger partial charge in [-0.2, -0.15) is 9.71 Å². The number of nitrogens with zero attached hydrogens (tertiary/aromatic N) is 5. The van der Waals surface area contributed by atoms with Gasteiger partial charge in [-0.15, -0.1) is 0 Å². The topological polar surface area (TPSA) is 103 Å². The second-order valence-electron chi connectivity index (χ2n) is 6.28. The van der Waals surface area contributed by atoms with Crippen LogP contribution in [-0.2, 0) is 5.60 Å². The Morgan fingerprint density at radius 2 is 2.12 bits per heavy atom. The molecule has 4 aromatic rings. The lowest BCUT2D eigenvalue weighted by atomic mass is 10.1. The Balaban J connectivity index is 2.05. The number of aryl methyl sites for hydroxylation is 1. The molecule has 0 saturated carbocycles. The lowest BCUT2D eigenvalue weighted by Gasteiger charge is -2.09. The molecule has 25 heavy (non-hydrogen) atoms. The zero-order chi connectivity index (χ0) is 17.9. The highest BCUT2D eigenvalue weighted by atomic mass is 35.5. The molecule has 0 bridgehead atoms. The van der Waals surface area contributed by atoms with Crippen molar-refractivity contribution in [3.05, 3.63) is 46.3 Å². The molecule has 3 heterocycles. The molecule has 0 spiro atoms. The van der Waals surface area contributed by atoms with E-state index < -0.39 is 5.60 Å². The number of para-hydroxylation sites is 1. The first kappa shape index (κ1) is 15.8. The molecule has 0 unspecified atom stereocenters. The van der Waals surface area contributed by atoms with Crippen LogP contribution in [0.15, 0.2) is 29.0 Å². The number of benzene rings is 1. The van der Waals surface area contributed by atoms with Gasteiger partial charge in [0, 0.05) is 6.92 Å². The summed E-state index contributed by atoms with van der Waals surface area (Å²) in [5.41, 5.74) is 1.06. The SMILES string of the molecule is Cc1c2c(-c3noc(C(C)(C)O)n3)ncn2c2cccc(Cl)c2[n+]1[O-]. The van der Waals surface area contributed by atoms with E-state index in [1.54, 1.807) is 49.7 Å².